The van der Waals surface area contributed by atoms with E-state index in [4.69, 9.17) is 4.74 Å². The van der Waals surface area contributed by atoms with Crippen molar-refractivity contribution in [1.29, 1.82) is 0 Å². The lowest BCUT2D eigenvalue weighted by Crippen LogP contribution is -2.17. The molecule has 0 saturated carbocycles. The Labute approximate surface area is 118 Å². The fraction of sp³-hybridized carbons (Fsp3) is 0.267. The Balaban J connectivity index is 1.99. The standard InChI is InChI=1S/C15H11F3O3/c16-15(17,18)21-12-4-5-13-11(7-12)6-9-2-1-3-10(8-19)14(9)20-13/h4-8H,1-3H2. The van der Waals surface area contributed by atoms with Gasteiger partial charge in [-0.2, -0.15) is 0 Å². The summed E-state index contributed by atoms with van der Waals surface area (Å²) < 4.78 is 46.2. The lowest BCUT2D eigenvalue weighted by molar-refractivity contribution is -0.274. The van der Waals surface area contributed by atoms with E-state index in [2.05, 4.69) is 4.74 Å². The smallest absolute Gasteiger partial charge is 0.456 e. The molecule has 3 nitrogen and oxygen atoms in total. The van der Waals surface area contributed by atoms with Crippen LogP contribution in [0.5, 0.6) is 11.5 Å². The van der Waals surface area contributed by atoms with E-state index in [1.165, 1.54) is 18.2 Å². The van der Waals surface area contributed by atoms with Crippen LogP contribution in [-0.4, -0.2) is 12.6 Å². The zero-order valence-corrected chi connectivity index (χ0v) is 10.9. The van der Waals surface area contributed by atoms with E-state index in [0.717, 1.165) is 24.7 Å². The average Bonchev–Trinajstić information content (AvgIpc) is 2.42. The number of carbonyl (C=O) groups is 1. The van der Waals surface area contributed by atoms with Crippen LogP contribution in [0.1, 0.15) is 24.8 Å². The van der Waals surface area contributed by atoms with E-state index in [1.807, 2.05) is 0 Å². The van der Waals surface area contributed by atoms with Gasteiger partial charge in [-0.3, -0.25) is 4.79 Å². The van der Waals surface area contributed by atoms with Gasteiger partial charge in [0.15, 0.2) is 0 Å². The van der Waals surface area contributed by atoms with Crippen LogP contribution in [0.15, 0.2) is 35.1 Å². The number of halogens is 3. The molecule has 110 valence electrons. The number of ether oxygens (including phenoxy) is 2. The van der Waals surface area contributed by atoms with Gasteiger partial charge in [-0.25, -0.2) is 0 Å². The van der Waals surface area contributed by atoms with Gasteiger partial charge in [0.25, 0.3) is 0 Å². The second-order valence-electron chi connectivity index (χ2n) is 4.84. The lowest BCUT2D eigenvalue weighted by atomic mass is 9.91. The fourth-order valence-corrected chi connectivity index (χ4v) is 2.51. The molecule has 1 aromatic rings. The van der Waals surface area contributed by atoms with Gasteiger partial charge in [0.05, 0.1) is 0 Å². The third-order valence-electron chi connectivity index (χ3n) is 3.37. The van der Waals surface area contributed by atoms with E-state index in [-0.39, 0.29) is 5.75 Å². The van der Waals surface area contributed by atoms with Crippen molar-refractivity contribution in [3.63, 3.8) is 0 Å². The molecule has 0 unspecified atom stereocenters. The molecule has 6 heteroatoms. The maximum atomic E-state index is 12.2. The van der Waals surface area contributed by atoms with Gasteiger partial charge in [0, 0.05) is 11.1 Å². The molecular formula is C15H11F3O3. The summed E-state index contributed by atoms with van der Waals surface area (Å²) in [6, 6.07) is 3.88. The highest BCUT2D eigenvalue weighted by atomic mass is 19.4. The third kappa shape index (κ3) is 2.79. The maximum absolute atomic E-state index is 12.2. The monoisotopic (exact) mass is 296 g/mol. The van der Waals surface area contributed by atoms with Crippen molar-refractivity contribution in [2.75, 3.05) is 0 Å². The molecule has 0 aromatic heterocycles. The number of aldehydes is 1. The van der Waals surface area contributed by atoms with Gasteiger partial charge < -0.3 is 9.47 Å². The van der Waals surface area contributed by atoms with Crippen LogP contribution >= 0.6 is 0 Å². The largest absolute Gasteiger partial charge is 0.573 e. The van der Waals surface area contributed by atoms with Crippen molar-refractivity contribution in [3.05, 3.63) is 40.7 Å². The molecule has 1 aliphatic carbocycles. The molecule has 0 bridgehead atoms. The lowest BCUT2D eigenvalue weighted by Gasteiger charge is -2.26. The van der Waals surface area contributed by atoms with Gasteiger partial charge in [0.1, 0.15) is 23.5 Å². The summed E-state index contributed by atoms with van der Waals surface area (Å²) in [6.07, 6.45) is 0.00407. The molecule has 0 amide bonds. The van der Waals surface area contributed by atoms with Crippen LogP contribution in [0.3, 0.4) is 0 Å². The van der Waals surface area contributed by atoms with Crippen molar-refractivity contribution in [3.8, 4) is 11.5 Å². The van der Waals surface area contributed by atoms with Crippen molar-refractivity contribution in [1.82, 2.24) is 0 Å². The molecule has 1 aliphatic heterocycles. The van der Waals surface area contributed by atoms with Crippen LogP contribution in [0.4, 0.5) is 13.2 Å². The summed E-state index contributed by atoms with van der Waals surface area (Å²) in [5.74, 6) is 0.665. The van der Waals surface area contributed by atoms with Gasteiger partial charge in [0.2, 0.25) is 0 Å². The second kappa shape index (κ2) is 4.95. The van der Waals surface area contributed by atoms with E-state index >= 15 is 0 Å². The van der Waals surface area contributed by atoms with Crippen LogP contribution in [0, 0.1) is 0 Å². The first-order valence-corrected chi connectivity index (χ1v) is 6.43. The molecule has 1 heterocycles. The molecule has 2 aliphatic rings. The Kier molecular flexibility index (Phi) is 3.23. The van der Waals surface area contributed by atoms with Crippen LogP contribution < -0.4 is 9.47 Å². The predicted molar refractivity (Wildman–Crippen MR) is 68.7 cm³/mol. The number of rotatable bonds is 2. The Morgan fingerprint density at radius 3 is 2.76 bits per heavy atom. The average molecular weight is 296 g/mol. The zero-order valence-electron chi connectivity index (χ0n) is 10.9. The van der Waals surface area contributed by atoms with E-state index in [1.54, 1.807) is 6.08 Å². The maximum Gasteiger partial charge on any atom is 0.573 e. The number of hydrogen-bond donors (Lipinski definition) is 0. The summed E-state index contributed by atoms with van der Waals surface area (Å²) in [7, 11) is 0. The summed E-state index contributed by atoms with van der Waals surface area (Å²) in [6.45, 7) is 0. The van der Waals surface area contributed by atoms with Gasteiger partial charge >= 0.3 is 6.36 Å². The number of alkyl halides is 3. The normalized spacial score (nSPS) is 17.4. The molecule has 0 atom stereocenters. The number of hydrogen-bond acceptors (Lipinski definition) is 3. The highest BCUT2D eigenvalue weighted by Gasteiger charge is 2.32. The summed E-state index contributed by atoms with van der Waals surface area (Å²) >= 11 is 0. The zero-order chi connectivity index (χ0) is 15.0. The molecule has 0 radical (unpaired) electrons. The predicted octanol–water partition coefficient (Wildman–Crippen LogP) is 4.00. The van der Waals surface area contributed by atoms with Crippen molar-refractivity contribution >= 4 is 12.4 Å². The SMILES string of the molecule is O=CC1=C2Oc3ccc(OC(F)(F)F)cc3C=C2CCC1. The Bertz CT molecular complexity index is 657. The first-order valence-electron chi connectivity index (χ1n) is 6.43. The van der Waals surface area contributed by atoms with Gasteiger partial charge in [-0.1, -0.05) is 0 Å². The van der Waals surface area contributed by atoms with E-state index < -0.39 is 6.36 Å². The molecule has 0 saturated heterocycles. The summed E-state index contributed by atoms with van der Waals surface area (Å²) in [4.78, 5) is 11.0. The summed E-state index contributed by atoms with van der Waals surface area (Å²) in [5.41, 5.74) is 1.94. The molecule has 0 spiro atoms. The number of carbonyl (C=O) groups excluding carboxylic acids is 1. The highest BCUT2D eigenvalue weighted by Crippen LogP contribution is 2.40. The van der Waals surface area contributed by atoms with Crippen LogP contribution in [0.2, 0.25) is 0 Å². The molecule has 21 heavy (non-hydrogen) atoms. The first kappa shape index (κ1) is 13.7. The third-order valence-corrected chi connectivity index (χ3v) is 3.37. The minimum Gasteiger partial charge on any atom is -0.456 e. The Morgan fingerprint density at radius 1 is 1.24 bits per heavy atom. The number of allylic oxidation sites excluding steroid dienone is 2. The molecule has 0 fully saturated rings. The second-order valence-corrected chi connectivity index (χ2v) is 4.84. The number of fused-ring (bicyclic) bond motifs is 2. The van der Waals surface area contributed by atoms with Crippen molar-refractivity contribution < 1.29 is 27.4 Å². The minimum absolute atomic E-state index is 0.291. The topological polar surface area (TPSA) is 35.5 Å². The Morgan fingerprint density at radius 2 is 2.05 bits per heavy atom. The minimum atomic E-state index is -4.72. The van der Waals surface area contributed by atoms with Gasteiger partial charge in [-0.05, 0) is 49.1 Å². The van der Waals surface area contributed by atoms with E-state index in [0.29, 0.717) is 29.1 Å². The van der Waals surface area contributed by atoms with Crippen molar-refractivity contribution in [2.24, 2.45) is 0 Å². The molecule has 1 aromatic carbocycles. The van der Waals surface area contributed by atoms with E-state index in [9.17, 15) is 18.0 Å². The number of benzene rings is 1. The highest BCUT2D eigenvalue weighted by molar-refractivity contribution is 5.79. The fourth-order valence-electron chi connectivity index (χ4n) is 2.51. The van der Waals surface area contributed by atoms with Crippen LogP contribution in [-0.2, 0) is 4.79 Å². The van der Waals surface area contributed by atoms with Crippen molar-refractivity contribution in [2.45, 2.75) is 25.6 Å². The van der Waals surface area contributed by atoms with Gasteiger partial charge in [-0.15, -0.1) is 13.2 Å². The van der Waals surface area contributed by atoms with Crippen LogP contribution in [0.25, 0.3) is 6.08 Å². The first-order chi connectivity index (χ1) is 9.96. The quantitative estimate of drug-likeness (QED) is 0.774. The molecular weight excluding hydrogens is 285 g/mol. The summed E-state index contributed by atoms with van der Waals surface area (Å²) in [5, 5.41) is 0. The molecule has 0 N–H and O–H groups in total. The Hall–Kier alpha value is -2.24. The molecule has 3 rings (SSSR count).